The van der Waals surface area contributed by atoms with E-state index in [1.807, 2.05) is 19.3 Å². The zero-order valence-electron chi connectivity index (χ0n) is 10.1. The van der Waals surface area contributed by atoms with E-state index in [1.54, 1.807) is 24.7 Å². The summed E-state index contributed by atoms with van der Waals surface area (Å²) < 4.78 is 15.2. The van der Waals surface area contributed by atoms with Crippen molar-refractivity contribution in [1.82, 2.24) is 20.3 Å². The van der Waals surface area contributed by atoms with E-state index in [2.05, 4.69) is 15.6 Å². The minimum absolute atomic E-state index is 0.140. The molecule has 90 valence electrons. The van der Waals surface area contributed by atoms with E-state index >= 15 is 0 Å². The van der Waals surface area contributed by atoms with Gasteiger partial charge in [-0.05, 0) is 31.2 Å². The van der Waals surface area contributed by atoms with E-state index in [0.717, 1.165) is 11.3 Å². The molecule has 0 bridgehead atoms. The van der Waals surface area contributed by atoms with Crippen LogP contribution >= 0.6 is 0 Å². The minimum atomic E-state index is -0.202. The van der Waals surface area contributed by atoms with Crippen LogP contribution in [0.4, 0.5) is 4.39 Å². The molecule has 0 fully saturated rings. The van der Waals surface area contributed by atoms with Crippen LogP contribution in [0.1, 0.15) is 22.9 Å². The second-order valence-electron chi connectivity index (χ2n) is 4.05. The van der Waals surface area contributed by atoms with Crippen LogP contribution in [0.15, 0.2) is 24.4 Å². The van der Waals surface area contributed by atoms with Gasteiger partial charge in [0.15, 0.2) is 0 Å². The Kier molecular flexibility index (Phi) is 3.19. The van der Waals surface area contributed by atoms with Gasteiger partial charge in [0.2, 0.25) is 0 Å². The van der Waals surface area contributed by atoms with Crippen LogP contribution in [0.2, 0.25) is 0 Å². The summed E-state index contributed by atoms with van der Waals surface area (Å²) in [5, 5.41) is 11.0. The van der Waals surface area contributed by atoms with Crippen LogP contribution in [-0.4, -0.2) is 22.0 Å². The lowest BCUT2D eigenvalue weighted by Crippen LogP contribution is -2.18. The summed E-state index contributed by atoms with van der Waals surface area (Å²) in [4.78, 5) is 0. The van der Waals surface area contributed by atoms with Crippen molar-refractivity contribution in [3.8, 4) is 0 Å². The lowest BCUT2D eigenvalue weighted by molar-refractivity contribution is 0.605. The van der Waals surface area contributed by atoms with Crippen molar-refractivity contribution in [2.45, 2.75) is 13.0 Å². The first kappa shape index (κ1) is 11.7. The average Bonchev–Trinajstić information content (AvgIpc) is 2.71. The summed E-state index contributed by atoms with van der Waals surface area (Å²) in [6.45, 7) is 1.75. The zero-order valence-corrected chi connectivity index (χ0v) is 10.1. The molecule has 17 heavy (non-hydrogen) atoms. The molecule has 0 saturated heterocycles. The predicted molar refractivity (Wildman–Crippen MR) is 63.0 cm³/mol. The van der Waals surface area contributed by atoms with Crippen molar-refractivity contribution in [1.29, 1.82) is 0 Å². The van der Waals surface area contributed by atoms with Crippen LogP contribution in [0.25, 0.3) is 0 Å². The van der Waals surface area contributed by atoms with Gasteiger partial charge in [0.1, 0.15) is 11.5 Å². The van der Waals surface area contributed by atoms with Gasteiger partial charge in [-0.3, -0.25) is 4.68 Å². The number of nitrogens with one attached hydrogen (secondary N) is 1. The van der Waals surface area contributed by atoms with Crippen LogP contribution in [0, 0.1) is 12.7 Å². The van der Waals surface area contributed by atoms with Gasteiger partial charge in [0.05, 0.1) is 12.2 Å². The van der Waals surface area contributed by atoms with E-state index < -0.39 is 0 Å². The molecule has 0 spiro atoms. The van der Waals surface area contributed by atoms with Crippen molar-refractivity contribution in [2.75, 3.05) is 7.05 Å². The molecule has 1 N–H and O–H groups in total. The van der Waals surface area contributed by atoms with E-state index in [4.69, 9.17) is 0 Å². The molecule has 0 aliphatic heterocycles. The summed E-state index contributed by atoms with van der Waals surface area (Å²) >= 11 is 0. The highest BCUT2D eigenvalue weighted by molar-refractivity contribution is 5.30. The fourth-order valence-corrected chi connectivity index (χ4v) is 1.77. The fraction of sp³-hybridized carbons (Fsp3) is 0.333. The normalized spacial score (nSPS) is 12.7. The standard InChI is InChI=1S/C12H15FN4/c1-8-4-5-9(6-10(8)13)12(14-2)11-7-17(3)16-15-11/h4-7,12,14H,1-3H3. The molecule has 1 heterocycles. The average molecular weight is 234 g/mol. The molecule has 1 unspecified atom stereocenters. The first-order chi connectivity index (χ1) is 8.11. The zero-order chi connectivity index (χ0) is 12.4. The Hall–Kier alpha value is -1.75. The molecule has 4 nitrogen and oxygen atoms in total. The number of benzene rings is 1. The second-order valence-corrected chi connectivity index (χ2v) is 4.05. The molecule has 0 aliphatic carbocycles. The van der Waals surface area contributed by atoms with Crippen molar-refractivity contribution >= 4 is 0 Å². The number of halogens is 1. The molecule has 0 saturated carbocycles. The molecule has 2 aromatic rings. The van der Waals surface area contributed by atoms with Crippen molar-refractivity contribution in [3.63, 3.8) is 0 Å². The molecule has 1 aromatic carbocycles. The molecule has 0 aliphatic rings. The molecular weight excluding hydrogens is 219 g/mol. The SMILES string of the molecule is CNC(c1ccc(C)c(F)c1)c1cn(C)nn1. The maximum atomic E-state index is 13.5. The topological polar surface area (TPSA) is 42.7 Å². The Morgan fingerprint density at radius 1 is 1.41 bits per heavy atom. The van der Waals surface area contributed by atoms with E-state index in [9.17, 15) is 4.39 Å². The lowest BCUT2D eigenvalue weighted by Gasteiger charge is -2.14. The smallest absolute Gasteiger partial charge is 0.126 e. The van der Waals surface area contributed by atoms with Gasteiger partial charge < -0.3 is 5.32 Å². The highest BCUT2D eigenvalue weighted by atomic mass is 19.1. The van der Waals surface area contributed by atoms with Gasteiger partial charge in [-0.1, -0.05) is 17.3 Å². The molecule has 0 radical (unpaired) electrons. The third-order valence-electron chi connectivity index (χ3n) is 2.73. The third-order valence-corrected chi connectivity index (χ3v) is 2.73. The largest absolute Gasteiger partial charge is 0.308 e. The lowest BCUT2D eigenvalue weighted by atomic mass is 10.0. The summed E-state index contributed by atoms with van der Waals surface area (Å²) in [7, 11) is 3.62. The summed E-state index contributed by atoms with van der Waals surface area (Å²) in [6.07, 6.45) is 1.82. The Labute approximate surface area is 99.5 Å². The van der Waals surface area contributed by atoms with Crippen LogP contribution in [-0.2, 0) is 7.05 Å². The van der Waals surface area contributed by atoms with Gasteiger partial charge >= 0.3 is 0 Å². The Morgan fingerprint density at radius 2 is 2.18 bits per heavy atom. The molecule has 1 aromatic heterocycles. The number of aryl methyl sites for hydroxylation is 2. The highest BCUT2D eigenvalue weighted by Gasteiger charge is 2.16. The maximum Gasteiger partial charge on any atom is 0.126 e. The number of nitrogens with zero attached hydrogens (tertiary/aromatic N) is 3. The number of hydrogen-bond donors (Lipinski definition) is 1. The second kappa shape index (κ2) is 4.63. The van der Waals surface area contributed by atoms with Crippen LogP contribution < -0.4 is 5.32 Å². The van der Waals surface area contributed by atoms with E-state index in [0.29, 0.717) is 5.56 Å². The minimum Gasteiger partial charge on any atom is -0.308 e. The quantitative estimate of drug-likeness (QED) is 0.876. The molecular formula is C12H15FN4. The van der Waals surface area contributed by atoms with Gasteiger partial charge in [0.25, 0.3) is 0 Å². The fourth-order valence-electron chi connectivity index (χ4n) is 1.77. The highest BCUT2D eigenvalue weighted by Crippen LogP contribution is 2.21. The molecule has 0 amide bonds. The van der Waals surface area contributed by atoms with E-state index in [1.165, 1.54) is 6.07 Å². The molecule has 5 heteroatoms. The van der Waals surface area contributed by atoms with Crippen molar-refractivity contribution in [3.05, 3.63) is 47.0 Å². The van der Waals surface area contributed by atoms with Gasteiger partial charge in [0, 0.05) is 7.05 Å². The summed E-state index contributed by atoms with van der Waals surface area (Å²) in [6, 6.07) is 5.06. The third kappa shape index (κ3) is 2.34. The Balaban J connectivity index is 2.38. The maximum absolute atomic E-state index is 13.5. The molecule has 1 atom stereocenters. The predicted octanol–water partition coefficient (Wildman–Crippen LogP) is 1.57. The van der Waals surface area contributed by atoms with Gasteiger partial charge in [-0.2, -0.15) is 0 Å². The Bertz CT molecular complexity index is 521. The number of hydrogen-bond acceptors (Lipinski definition) is 3. The first-order valence-corrected chi connectivity index (χ1v) is 5.41. The Morgan fingerprint density at radius 3 is 2.71 bits per heavy atom. The van der Waals surface area contributed by atoms with Crippen LogP contribution in [0.5, 0.6) is 0 Å². The van der Waals surface area contributed by atoms with Gasteiger partial charge in [-0.25, -0.2) is 4.39 Å². The van der Waals surface area contributed by atoms with Crippen molar-refractivity contribution < 1.29 is 4.39 Å². The van der Waals surface area contributed by atoms with E-state index in [-0.39, 0.29) is 11.9 Å². The first-order valence-electron chi connectivity index (χ1n) is 5.41. The van der Waals surface area contributed by atoms with Crippen LogP contribution in [0.3, 0.4) is 0 Å². The number of aromatic nitrogens is 3. The van der Waals surface area contributed by atoms with Crippen molar-refractivity contribution in [2.24, 2.45) is 7.05 Å². The monoisotopic (exact) mass is 234 g/mol. The summed E-state index contributed by atoms with van der Waals surface area (Å²) in [5.74, 6) is -0.202. The molecule has 2 rings (SSSR count). The van der Waals surface area contributed by atoms with Gasteiger partial charge in [-0.15, -0.1) is 5.10 Å². The number of rotatable bonds is 3. The summed E-state index contributed by atoms with van der Waals surface area (Å²) in [5.41, 5.74) is 2.26.